The lowest BCUT2D eigenvalue weighted by molar-refractivity contribution is -0.158. The van der Waals surface area contributed by atoms with Crippen LogP contribution in [0.25, 0.3) is 0 Å². The van der Waals surface area contributed by atoms with Gasteiger partial charge in [-0.1, -0.05) is 32.0 Å². The summed E-state index contributed by atoms with van der Waals surface area (Å²) in [7, 11) is 0. The van der Waals surface area contributed by atoms with Crippen LogP contribution in [0.4, 0.5) is 0 Å². The van der Waals surface area contributed by atoms with Crippen LogP contribution in [-0.4, -0.2) is 17.9 Å². The summed E-state index contributed by atoms with van der Waals surface area (Å²) in [4.78, 5) is 24.3. The zero-order valence-corrected chi connectivity index (χ0v) is 16.8. The van der Waals surface area contributed by atoms with E-state index in [0.29, 0.717) is 29.0 Å². The number of carbonyl (C=O) groups is 2. The van der Waals surface area contributed by atoms with Crippen molar-refractivity contribution in [1.29, 1.82) is 0 Å². The normalized spacial score (nSPS) is 47.5. The highest BCUT2D eigenvalue weighted by atomic mass is 35.5. The summed E-state index contributed by atoms with van der Waals surface area (Å²) in [5.74, 6) is 2.70. The molecule has 0 bridgehead atoms. The number of hydrogen-bond donors (Lipinski definition) is 0. The highest BCUT2D eigenvalue weighted by molar-refractivity contribution is 6.40. The van der Waals surface area contributed by atoms with Gasteiger partial charge in [-0.2, -0.15) is 0 Å². The molecule has 0 heterocycles. The van der Waals surface area contributed by atoms with E-state index in [4.69, 9.17) is 16.3 Å². The molecule has 4 aliphatic carbocycles. The molecule has 7 unspecified atom stereocenters. The van der Waals surface area contributed by atoms with Crippen molar-refractivity contribution in [3.05, 3.63) is 11.6 Å². The molecular weight excluding hydrogens is 348 g/mol. The van der Waals surface area contributed by atoms with Crippen molar-refractivity contribution < 1.29 is 14.3 Å². The summed E-state index contributed by atoms with van der Waals surface area (Å²) in [6.07, 6.45) is 9.58. The predicted octanol–water partition coefficient (Wildman–Crippen LogP) is 5.26. The fraction of sp³-hybridized carbons (Fsp3) is 0.818. The van der Waals surface area contributed by atoms with Crippen molar-refractivity contribution in [2.75, 3.05) is 0 Å². The molecule has 0 aromatic rings. The van der Waals surface area contributed by atoms with E-state index in [2.05, 4.69) is 20.4 Å². The molecule has 4 aliphatic rings. The maximum atomic E-state index is 12.5. The summed E-state index contributed by atoms with van der Waals surface area (Å²) < 4.78 is 5.57. The summed E-state index contributed by atoms with van der Waals surface area (Å²) in [6, 6.07) is 0. The smallest absolute Gasteiger partial charge is 0.349 e. The third-order valence-corrected chi connectivity index (χ3v) is 8.98. The fourth-order valence-electron chi connectivity index (χ4n) is 7.31. The quantitative estimate of drug-likeness (QED) is 0.486. The summed E-state index contributed by atoms with van der Waals surface area (Å²) in [5, 5.41) is -0.0282. The molecule has 4 fully saturated rings. The molecule has 0 N–H and O–H groups in total. The molecular formula is C22H31ClO3. The average Bonchev–Trinajstić information content (AvgIpc) is 2.90. The summed E-state index contributed by atoms with van der Waals surface area (Å²) in [5.41, 5.74) is 0.286. The molecule has 0 amide bonds. The zero-order valence-electron chi connectivity index (χ0n) is 16.1. The van der Waals surface area contributed by atoms with E-state index < -0.39 is 5.97 Å². The molecule has 0 radical (unpaired) electrons. The van der Waals surface area contributed by atoms with Gasteiger partial charge in [-0.3, -0.25) is 4.79 Å². The standard InChI is InChI=1S/C22H31ClO3/c1-13(23)20(25)26-15-8-10-21(2)14(12-15)4-5-16-17-6-7-19(24)22(17,3)11-9-18(16)21/h14-18H,1,4-12H2,2-3H3. The maximum absolute atomic E-state index is 12.5. The minimum Gasteiger partial charge on any atom is -0.458 e. The second kappa shape index (κ2) is 6.36. The molecule has 0 aromatic carbocycles. The van der Waals surface area contributed by atoms with Crippen LogP contribution in [-0.2, 0) is 14.3 Å². The van der Waals surface area contributed by atoms with Crippen LogP contribution in [0.3, 0.4) is 0 Å². The highest BCUT2D eigenvalue weighted by Gasteiger charge is 2.60. The van der Waals surface area contributed by atoms with Gasteiger partial charge in [0.2, 0.25) is 0 Å². The Hall–Kier alpha value is -0.830. The van der Waals surface area contributed by atoms with Gasteiger partial charge in [0.05, 0.1) is 0 Å². The molecule has 0 saturated heterocycles. The molecule has 0 spiro atoms. The van der Waals surface area contributed by atoms with E-state index >= 15 is 0 Å². The Kier molecular flexibility index (Phi) is 4.53. The van der Waals surface area contributed by atoms with Crippen LogP contribution >= 0.6 is 11.6 Å². The minimum atomic E-state index is -0.466. The lowest BCUT2D eigenvalue weighted by atomic mass is 9.45. The number of Topliss-reactive ketones (excluding diaryl/α,β-unsaturated/α-hetero) is 1. The second-order valence-corrected chi connectivity index (χ2v) is 10.2. The number of hydrogen-bond acceptors (Lipinski definition) is 3. The molecule has 7 atom stereocenters. The lowest BCUT2D eigenvalue weighted by Gasteiger charge is -2.60. The van der Waals surface area contributed by atoms with E-state index in [9.17, 15) is 9.59 Å². The largest absolute Gasteiger partial charge is 0.458 e. The van der Waals surface area contributed by atoms with Gasteiger partial charge in [0, 0.05) is 11.8 Å². The number of ether oxygens (including phenoxy) is 1. The molecule has 4 rings (SSSR count). The molecule has 144 valence electrons. The Labute approximate surface area is 161 Å². The van der Waals surface area contributed by atoms with Crippen molar-refractivity contribution in [3.8, 4) is 0 Å². The van der Waals surface area contributed by atoms with Gasteiger partial charge in [0.25, 0.3) is 0 Å². The topological polar surface area (TPSA) is 43.4 Å². The first-order chi connectivity index (χ1) is 12.3. The first-order valence-corrected chi connectivity index (χ1v) is 10.7. The Balaban J connectivity index is 1.50. The first-order valence-electron chi connectivity index (χ1n) is 10.3. The SMILES string of the molecule is C=C(Cl)C(=O)OC1CCC2(C)C(CCC3C4CCC(=O)C4(C)CCC32)C1. The van der Waals surface area contributed by atoms with Crippen LogP contribution in [0.2, 0.25) is 0 Å². The van der Waals surface area contributed by atoms with Gasteiger partial charge in [0.15, 0.2) is 0 Å². The van der Waals surface area contributed by atoms with Crippen LogP contribution in [0.1, 0.15) is 71.6 Å². The van der Waals surface area contributed by atoms with Gasteiger partial charge in [-0.15, -0.1) is 0 Å². The van der Waals surface area contributed by atoms with Crippen LogP contribution in [0, 0.1) is 34.5 Å². The van der Waals surface area contributed by atoms with E-state index in [1.165, 1.54) is 19.3 Å². The van der Waals surface area contributed by atoms with Gasteiger partial charge in [-0.05, 0) is 80.5 Å². The van der Waals surface area contributed by atoms with E-state index in [1.807, 2.05) is 0 Å². The van der Waals surface area contributed by atoms with Gasteiger partial charge < -0.3 is 4.74 Å². The third kappa shape index (κ3) is 2.68. The number of halogens is 1. The van der Waals surface area contributed by atoms with Crippen molar-refractivity contribution in [2.45, 2.75) is 77.7 Å². The van der Waals surface area contributed by atoms with E-state index in [0.717, 1.165) is 44.4 Å². The van der Waals surface area contributed by atoms with Gasteiger partial charge in [-0.25, -0.2) is 4.79 Å². The first kappa shape index (κ1) is 18.5. The number of rotatable bonds is 2. The Morgan fingerprint density at radius 3 is 2.62 bits per heavy atom. The third-order valence-electron chi connectivity index (χ3n) is 8.82. The van der Waals surface area contributed by atoms with Crippen molar-refractivity contribution in [2.24, 2.45) is 34.5 Å². The molecule has 0 aliphatic heterocycles. The summed E-state index contributed by atoms with van der Waals surface area (Å²) >= 11 is 5.68. The lowest BCUT2D eigenvalue weighted by Crippen LogP contribution is -2.54. The van der Waals surface area contributed by atoms with Crippen LogP contribution < -0.4 is 0 Å². The monoisotopic (exact) mass is 378 g/mol. The molecule has 0 aromatic heterocycles. The second-order valence-electron chi connectivity index (χ2n) is 9.78. The Morgan fingerprint density at radius 2 is 1.88 bits per heavy atom. The fourth-order valence-corrected chi connectivity index (χ4v) is 7.36. The summed E-state index contributed by atoms with van der Waals surface area (Å²) in [6.45, 7) is 8.20. The average molecular weight is 379 g/mol. The maximum Gasteiger partial charge on any atom is 0.349 e. The Bertz CT molecular complexity index is 643. The minimum absolute atomic E-state index is 0.0189. The van der Waals surface area contributed by atoms with Crippen LogP contribution in [0.5, 0.6) is 0 Å². The van der Waals surface area contributed by atoms with Crippen molar-refractivity contribution in [3.63, 3.8) is 0 Å². The molecule has 4 heteroatoms. The van der Waals surface area contributed by atoms with E-state index in [-0.39, 0.29) is 16.6 Å². The predicted molar refractivity (Wildman–Crippen MR) is 102 cm³/mol. The number of fused-ring (bicyclic) bond motifs is 5. The Morgan fingerprint density at radius 1 is 1.12 bits per heavy atom. The number of carbonyl (C=O) groups excluding carboxylic acids is 2. The number of ketones is 1. The molecule has 26 heavy (non-hydrogen) atoms. The van der Waals surface area contributed by atoms with E-state index in [1.54, 1.807) is 0 Å². The van der Waals surface area contributed by atoms with Gasteiger partial charge in [0.1, 0.15) is 16.9 Å². The highest BCUT2D eigenvalue weighted by Crippen LogP contribution is 2.65. The molecule has 3 nitrogen and oxygen atoms in total. The van der Waals surface area contributed by atoms with Crippen LogP contribution in [0.15, 0.2) is 11.6 Å². The van der Waals surface area contributed by atoms with Gasteiger partial charge >= 0.3 is 5.97 Å². The molecule has 4 saturated carbocycles. The number of esters is 1. The zero-order chi connectivity index (χ0) is 18.7. The van der Waals surface area contributed by atoms with Crippen molar-refractivity contribution >= 4 is 23.4 Å². The van der Waals surface area contributed by atoms with Crippen molar-refractivity contribution in [1.82, 2.24) is 0 Å².